The Hall–Kier alpha value is 0.900. The van der Waals surface area contributed by atoms with Crippen molar-refractivity contribution < 1.29 is 0 Å². The number of hydrogen-bond donors (Lipinski definition) is 0. The van der Waals surface area contributed by atoms with Crippen LogP contribution < -0.4 is 0 Å². The van der Waals surface area contributed by atoms with Crippen molar-refractivity contribution in [2.75, 3.05) is 0 Å². The molecule has 0 saturated carbocycles. The minimum Gasteiger partial charge on any atom is -0.121 e. The Morgan fingerprint density at radius 2 is 2.00 bits per heavy atom. The van der Waals surface area contributed by atoms with E-state index in [2.05, 4.69) is 85.6 Å². The Morgan fingerprint density at radius 3 is 2.59 bits per heavy atom. The van der Waals surface area contributed by atoms with Crippen LogP contribution >= 0.6 is 77.4 Å². The zero-order valence-electron chi connectivity index (χ0n) is 8.81. The number of halogens is 4. The molecule has 1 heterocycles. The molecule has 0 bridgehead atoms. The Morgan fingerprint density at radius 1 is 1.29 bits per heavy atom. The van der Waals surface area contributed by atoms with Gasteiger partial charge in [-0.1, -0.05) is 18.2 Å². The van der Waals surface area contributed by atoms with Crippen molar-refractivity contribution in [3.8, 4) is 0 Å². The van der Waals surface area contributed by atoms with Crippen LogP contribution in [-0.4, -0.2) is 0 Å². The molecule has 17 heavy (non-hydrogen) atoms. The van der Waals surface area contributed by atoms with Crippen molar-refractivity contribution in [2.45, 2.75) is 12.3 Å². The van der Waals surface area contributed by atoms with Crippen LogP contribution in [0.1, 0.15) is 22.1 Å². The van der Waals surface area contributed by atoms with E-state index in [4.69, 9.17) is 11.6 Å². The van der Waals surface area contributed by atoms with Crippen molar-refractivity contribution in [1.82, 2.24) is 0 Å². The van der Waals surface area contributed by atoms with Gasteiger partial charge in [-0.3, -0.25) is 0 Å². The predicted molar refractivity (Wildman–Crippen MR) is 91.3 cm³/mol. The fourth-order valence-corrected chi connectivity index (χ4v) is 5.87. The van der Waals surface area contributed by atoms with Gasteiger partial charge in [0.15, 0.2) is 0 Å². The number of alkyl halides is 1. The molecular weight excluding hydrogens is 498 g/mol. The second kappa shape index (κ2) is 5.90. The first-order valence-electron chi connectivity index (χ1n) is 4.84. The van der Waals surface area contributed by atoms with Gasteiger partial charge in [0.1, 0.15) is 0 Å². The number of benzene rings is 1. The molecule has 0 amide bonds. The van der Waals surface area contributed by atoms with Gasteiger partial charge in [0.25, 0.3) is 0 Å². The second-order valence-corrected chi connectivity index (χ2v) is 8.88. The SMILES string of the molecule is Cc1cccc(C(Cl)c2cc(Br)sc2Br)c1I. The summed E-state index contributed by atoms with van der Waals surface area (Å²) >= 11 is 17.6. The van der Waals surface area contributed by atoms with Crippen LogP contribution in [0, 0.1) is 10.5 Å². The molecule has 0 fully saturated rings. The Labute approximate surface area is 140 Å². The predicted octanol–water partition coefficient (Wildman–Crippen LogP) is 6.51. The third kappa shape index (κ3) is 3.08. The number of thiophene rings is 1. The molecule has 2 rings (SSSR count). The quantitative estimate of drug-likeness (QED) is 0.322. The van der Waals surface area contributed by atoms with Gasteiger partial charge < -0.3 is 0 Å². The summed E-state index contributed by atoms with van der Waals surface area (Å²) in [7, 11) is 0. The van der Waals surface area contributed by atoms with Gasteiger partial charge >= 0.3 is 0 Å². The highest BCUT2D eigenvalue weighted by Crippen LogP contribution is 2.42. The van der Waals surface area contributed by atoms with E-state index >= 15 is 0 Å². The largest absolute Gasteiger partial charge is 0.121 e. The van der Waals surface area contributed by atoms with Gasteiger partial charge in [0.05, 0.1) is 12.9 Å². The summed E-state index contributed by atoms with van der Waals surface area (Å²) in [4.78, 5) is 0. The van der Waals surface area contributed by atoms with E-state index in [1.807, 2.05) is 0 Å². The lowest BCUT2D eigenvalue weighted by Gasteiger charge is -2.13. The molecule has 0 radical (unpaired) electrons. The summed E-state index contributed by atoms with van der Waals surface area (Å²) in [5.74, 6) is 0. The highest BCUT2D eigenvalue weighted by Gasteiger charge is 2.19. The normalized spacial score (nSPS) is 12.8. The average molecular weight is 506 g/mol. The van der Waals surface area contributed by atoms with Gasteiger partial charge in [-0.15, -0.1) is 22.9 Å². The summed E-state index contributed by atoms with van der Waals surface area (Å²) in [5.41, 5.74) is 3.55. The first-order valence-corrected chi connectivity index (χ1v) is 8.76. The van der Waals surface area contributed by atoms with Gasteiger partial charge in [-0.05, 0) is 78.6 Å². The molecule has 1 unspecified atom stereocenters. The van der Waals surface area contributed by atoms with E-state index in [9.17, 15) is 0 Å². The molecule has 0 spiro atoms. The molecule has 0 saturated heterocycles. The fourth-order valence-electron chi connectivity index (χ4n) is 1.56. The maximum Gasteiger partial charge on any atom is 0.0865 e. The topological polar surface area (TPSA) is 0 Å². The van der Waals surface area contributed by atoms with Crippen LogP contribution in [0.2, 0.25) is 0 Å². The van der Waals surface area contributed by atoms with Crippen LogP contribution in [0.5, 0.6) is 0 Å². The highest BCUT2D eigenvalue weighted by molar-refractivity contribution is 14.1. The van der Waals surface area contributed by atoms with Crippen molar-refractivity contribution in [1.29, 1.82) is 0 Å². The minimum atomic E-state index is -0.112. The zero-order valence-corrected chi connectivity index (χ0v) is 15.7. The van der Waals surface area contributed by atoms with Crippen molar-refractivity contribution in [2.24, 2.45) is 0 Å². The molecule has 1 aromatic heterocycles. The maximum atomic E-state index is 6.58. The number of aryl methyl sites for hydroxylation is 1. The molecule has 5 heteroatoms. The molecular formula is C12H8Br2ClIS. The van der Waals surface area contributed by atoms with Gasteiger partial charge in [-0.25, -0.2) is 0 Å². The Bertz CT molecular complexity index is 553. The molecule has 0 aliphatic heterocycles. The fraction of sp³-hybridized carbons (Fsp3) is 0.167. The summed E-state index contributed by atoms with van der Waals surface area (Å²) in [6, 6.07) is 8.32. The monoisotopic (exact) mass is 504 g/mol. The smallest absolute Gasteiger partial charge is 0.0865 e. The molecule has 1 aromatic carbocycles. The Kier molecular flexibility index (Phi) is 4.97. The van der Waals surface area contributed by atoms with Gasteiger partial charge in [0, 0.05) is 9.13 Å². The maximum absolute atomic E-state index is 6.58. The van der Waals surface area contributed by atoms with Gasteiger partial charge in [-0.2, -0.15) is 0 Å². The highest BCUT2D eigenvalue weighted by atomic mass is 127. The van der Waals surface area contributed by atoms with Crippen LogP contribution in [-0.2, 0) is 0 Å². The molecule has 1 atom stereocenters. The van der Waals surface area contributed by atoms with E-state index in [0.29, 0.717) is 0 Å². The first kappa shape index (κ1) is 14.3. The van der Waals surface area contributed by atoms with Gasteiger partial charge in [0.2, 0.25) is 0 Å². The lowest BCUT2D eigenvalue weighted by molar-refractivity contribution is 1.12. The third-order valence-corrected chi connectivity index (χ3v) is 6.78. The lowest BCUT2D eigenvalue weighted by Crippen LogP contribution is -1.97. The summed E-state index contributed by atoms with van der Waals surface area (Å²) in [5, 5.41) is -0.112. The van der Waals surface area contributed by atoms with Crippen LogP contribution in [0.15, 0.2) is 31.8 Å². The molecule has 0 N–H and O–H groups in total. The number of rotatable bonds is 2. The molecule has 2 aromatic rings. The minimum absolute atomic E-state index is 0.112. The standard InChI is InChI=1S/C12H8Br2ClIS/c1-6-3-2-4-7(11(6)16)10(15)8-5-9(13)17-12(8)14/h2-5,10H,1H3. The van der Waals surface area contributed by atoms with E-state index in [1.165, 1.54) is 14.7 Å². The van der Waals surface area contributed by atoms with Crippen LogP contribution in [0.4, 0.5) is 0 Å². The second-order valence-electron chi connectivity index (χ2n) is 3.62. The molecule has 90 valence electrons. The average Bonchev–Trinajstić information content (AvgIpc) is 2.61. The summed E-state index contributed by atoms with van der Waals surface area (Å²) in [6.07, 6.45) is 0. The lowest BCUT2D eigenvalue weighted by atomic mass is 10.1. The summed E-state index contributed by atoms with van der Waals surface area (Å²) < 4.78 is 3.41. The van der Waals surface area contributed by atoms with Crippen molar-refractivity contribution in [3.05, 3.63) is 52.1 Å². The van der Waals surface area contributed by atoms with Crippen LogP contribution in [0.25, 0.3) is 0 Å². The Balaban J connectivity index is 2.47. The van der Waals surface area contributed by atoms with E-state index in [1.54, 1.807) is 11.3 Å². The zero-order chi connectivity index (χ0) is 12.6. The third-order valence-electron chi connectivity index (χ3n) is 2.45. The van der Waals surface area contributed by atoms with Crippen LogP contribution in [0.3, 0.4) is 0 Å². The van der Waals surface area contributed by atoms with E-state index in [0.717, 1.165) is 13.1 Å². The summed E-state index contributed by atoms with van der Waals surface area (Å²) in [6.45, 7) is 2.10. The van der Waals surface area contributed by atoms with E-state index < -0.39 is 0 Å². The molecule has 0 nitrogen and oxygen atoms in total. The molecule has 0 aliphatic carbocycles. The van der Waals surface area contributed by atoms with Crippen molar-refractivity contribution in [3.63, 3.8) is 0 Å². The number of hydrogen-bond acceptors (Lipinski definition) is 1. The molecule has 0 aliphatic rings. The first-order chi connectivity index (χ1) is 8.00. The van der Waals surface area contributed by atoms with Crippen molar-refractivity contribution >= 4 is 77.4 Å². The van der Waals surface area contributed by atoms with E-state index in [-0.39, 0.29) is 5.38 Å².